The van der Waals surface area contributed by atoms with E-state index in [-0.39, 0.29) is 17.9 Å². The molecule has 2 aromatic heterocycles. The predicted molar refractivity (Wildman–Crippen MR) is 87.6 cm³/mol. The maximum Gasteiger partial charge on any atom is 0.273 e. The number of aromatic nitrogens is 3. The highest BCUT2D eigenvalue weighted by molar-refractivity contribution is 7.14. The molecule has 0 unspecified atom stereocenters. The molecular weight excluding hydrogens is 314 g/mol. The summed E-state index contributed by atoms with van der Waals surface area (Å²) in [4.78, 5) is 34.0. The third-order valence-electron chi connectivity index (χ3n) is 3.95. The lowest BCUT2D eigenvalue weighted by Gasteiger charge is -2.33. The molecule has 0 aliphatic carbocycles. The number of nitrogens with zero attached hydrogens (tertiary/aromatic N) is 4. The summed E-state index contributed by atoms with van der Waals surface area (Å²) >= 11 is 1.27. The van der Waals surface area contributed by atoms with Crippen LogP contribution in [0.5, 0.6) is 0 Å². The maximum atomic E-state index is 12.6. The van der Waals surface area contributed by atoms with Crippen molar-refractivity contribution in [3.8, 4) is 0 Å². The molecule has 1 atom stereocenters. The van der Waals surface area contributed by atoms with Crippen molar-refractivity contribution in [1.82, 2.24) is 19.4 Å². The Morgan fingerprint density at radius 1 is 1.43 bits per heavy atom. The molecule has 3 rings (SSSR count). The Kier molecular flexibility index (Phi) is 4.42. The van der Waals surface area contributed by atoms with E-state index < -0.39 is 0 Å². The van der Waals surface area contributed by atoms with Gasteiger partial charge < -0.3 is 14.8 Å². The molecular formula is C15H19N5O2S. The summed E-state index contributed by atoms with van der Waals surface area (Å²) in [6, 6.07) is 0.253. The average Bonchev–Trinajstić information content (AvgIpc) is 3.15. The summed E-state index contributed by atoms with van der Waals surface area (Å²) in [5, 5.41) is 4.76. The molecule has 0 bridgehead atoms. The van der Waals surface area contributed by atoms with E-state index >= 15 is 0 Å². The number of anilines is 1. The van der Waals surface area contributed by atoms with Gasteiger partial charge in [0.15, 0.2) is 5.13 Å². The number of piperidine rings is 1. The van der Waals surface area contributed by atoms with Crippen LogP contribution in [0.1, 0.15) is 42.1 Å². The first kappa shape index (κ1) is 15.7. The molecule has 1 fully saturated rings. The van der Waals surface area contributed by atoms with Crippen LogP contribution in [0.4, 0.5) is 5.13 Å². The Balaban J connectivity index is 1.71. The van der Waals surface area contributed by atoms with Gasteiger partial charge in [-0.05, 0) is 19.8 Å². The van der Waals surface area contributed by atoms with E-state index in [2.05, 4.69) is 19.9 Å². The van der Waals surface area contributed by atoms with Gasteiger partial charge in [-0.25, -0.2) is 9.97 Å². The van der Waals surface area contributed by atoms with Gasteiger partial charge in [-0.2, -0.15) is 0 Å². The van der Waals surface area contributed by atoms with E-state index in [4.69, 9.17) is 0 Å². The van der Waals surface area contributed by atoms with Crippen molar-refractivity contribution in [3.63, 3.8) is 0 Å². The summed E-state index contributed by atoms with van der Waals surface area (Å²) < 4.78 is 2.13. The molecule has 1 N–H and O–H groups in total. The lowest BCUT2D eigenvalue weighted by atomic mass is 10.1. The van der Waals surface area contributed by atoms with Gasteiger partial charge in [0, 0.05) is 37.8 Å². The van der Waals surface area contributed by atoms with Crippen LogP contribution >= 0.6 is 11.3 Å². The average molecular weight is 333 g/mol. The van der Waals surface area contributed by atoms with Crippen LogP contribution in [-0.2, 0) is 4.79 Å². The maximum absolute atomic E-state index is 12.6. The summed E-state index contributed by atoms with van der Waals surface area (Å²) in [5.41, 5.74) is 0.391. The minimum Gasteiger partial charge on any atom is -0.335 e. The highest BCUT2D eigenvalue weighted by atomic mass is 32.1. The molecule has 7 nitrogen and oxygen atoms in total. The topological polar surface area (TPSA) is 80.1 Å². The van der Waals surface area contributed by atoms with Crippen LogP contribution in [0.3, 0.4) is 0 Å². The van der Waals surface area contributed by atoms with E-state index in [0.29, 0.717) is 17.4 Å². The second-order valence-corrected chi connectivity index (χ2v) is 6.51. The standard InChI is InChI=1S/C15H19N5O2S/c1-10-16-5-7-20(10)12-4-3-6-19(8-12)14(22)13-9-23-15(18-13)17-11(2)21/h5,7,9,12H,3-4,6,8H2,1-2H3,(H,17,18,21)/t12-/m1/s1. The molecule has 23 heavy (non-hydrogen) atoms. The Hall–Kier alpha value is -2.22. The van der Waals surface area contributed by atoms with Crippen molar-refractivity contribution < 1.29 is 9.59 Å². The van der Waals surface area contributed by atoms with Crippen LogP contribution < -0.4 is 5.32 Å². The molecule has 2 amide bonds. The van der Waals surface area contributed by atoms with Crippen LogP contribution in [-0.4, -0.2) is 44.3 Å². The van der Waals surface area contributed by atoms with E-state index in [0.717, 1.165) is 25.2 Å². The highest BCUT2D eigenvalue weighted by Gasteiger charge is 2.27. The molecule has 122 valence electrons. The number of hydrogen-bond acceptors (Lipinski definition) is 5. The second-order valence-electron chi connectivity index (χ2n) is 5.65. The first-order valence-electron chi connectivity index (χ1n) is 7.56. The molecule has 8 heteroatoms. The lowest BCUT2D eigenvalue weighted by molar-refractivity contribution is -0.114. The van der Waals surface area contributed by atoms with Crippen LogP contribution in [0, 0.1) is 6.92 Å². The lowest BCUT2D eigenvalue weighted by Crippen LogP contribution is -2.41. The summed E-state index contributed by atoms with van der Waals surface area (Å²) in [6.07, 6.45) is 5.74. The second kappa shape index (κ2) is 6.49. The molecule has 0 aromatic carbocycles. The number of aryl methyl sites for hydroxylation is 1. The van der Waals surface area contributed by atoms with Gasteiger partial charge in [0.2, 0.25) is 5.91 Å². The number of rotatable bonds is 3. The predicted octanol–water partition coefficient (Wildman–Crippen LogP) is 2.08. The van der Waals surface area contributed by atoms with Gasteiger partial charge in [-0.3, -0.25) is 9.59 Å². The molecule has 2 aromatic rings. The van der Waals surface area contributed by atoms with Crippen LogP contribution in [0.15, 0.2) is 17.8 Å². The van der Waals surface area contributed by atoms with Gasteiger partial charge in [0.25, 0.3) is 5.91 Å². The van der Waals surface area contributed by atoms with Crippen molar-refractivity contribution >= 4 is 28.3 Å². The van der Waals surface area contributed by atoms with Gasteiger partial charge in [0.1, 0.15) is 11.5 Å². The Morgan fingerprint density at radius 3 is 2.96 bits per heavy atom. The fourth-order valence-electron chi connectivity index (χ4n) is 2.88. The largest absolute Gasteiger partial charge is 0.335 e. The van der Waals surface area contributed by atoms with Crippen molar-refractivity contribution in [1.29, 1.82) is 0 Å². The number of likely N-dealkylation sites (tertiary alicyclic amines) is 1. The Bertz CT molecular complexity index is 723. The number of amides is 2. The minimum atomic E-state index is -0.188. The fourth-order valence-corrected chi connectivity index (χ4v) is 3.61. The van der Waals surface area contributed by atoms with E-state index in [1.165, 1.54) is 18.3 Å². The molecule has 3 heterocycles. The van der Waals surface area contributed by atoms with Crippen molar-refractivity contribution in [2.24, 2.45) is 0 Å². The molecule has 0 spiro atoms. The summed E-state index contributed by atoms with van der Waals surface area (Å²) in [6.45, 7) is 4.78. The zero-order valence-electron chi connectivity index (χ0n) is 13.2. The quantitative estimate of drug-likeness (QED) is 0.932. The number of hydrogen-bond donors (Lipinski definition) is 1. The number of carbonyl (C=O) groups excluding carboxylic acids is 2. The number of nitrogens with one attached hydrogen (secondary N) is 1. The zero-order valence-corrected chi connectivity index (χ0v) is 14.0. The minimum absolute atomic E-state index is 0.0830. The van der Waals surface area contributed by atoms with E-state index in [1.807, 2.05) is 18.0 Å². The summed E-state index contributed by atoms with van der Waals surface area (Å²) in [5.74, 6) is 0.693. The third kappa shape index (κ3) is 3.42. The van der Waals surface area contributed by atoms with Crippen molar-refractivity contribution in [2.45, 2.75) is 32.7 Å². The van der Waals surface area contributed by atoms with Gasteiger partial charge in [0.05, 0.1) is 6.04 Å². The first-order chi connectivity index (χ1) is 11.0. The van der Waals surface area contributed by atoms with Crippen molar-refractivity contribution in [3.05, 3.63) is 29.3 Å². The molecule has 1 aliphatic heterocycles. The van der Waals surface area contributed by atoms with Gasteiger partial charge >= 0.3 is 0 Å². The van der Waals surface area contributed by atoms with E-state index in [1.54, 1.807) is 11.6 Å². The third-order valence-corrected chi connectivity index (χ3v) is 4.70. The van der Waals surface area contributed by atoms with E-state index in [9.17, 15) is 9.59 Å². The SMILES string of the molecule is CC(=O)Nc1nc(C(=O)N2CCC[C@@H](n3ccnc3C)C2)cs1. The fraction of sp³-hybridized carbons (Fsp3) is 0.467. The Labute approximate surface area is 138 Å². The molecule has 1 saturated heterocycles. The number of thiazole rings is 1. The van der Waals surface area contributed by atoms with Crippen molar-refractivity contribution in [2.75, 3.05) is 18.4 Å². The van der Waals surface area contributed by atoms with Crippen LogP contribution in [0.25, 0.3) is 0 Å². The van der Waals surface area contributed by atoms with Gasteiger partial charge in [-0.1, -0.05) is 0 Å². The van der Waals surface area contributed by atoms with Gasteiger partial charge in [-0.15, -0.1) is 11.3 Å². The summed E-state index contributed by atoms with van der Waals surface area (Å²) in [7, 11) is 0. The first-order valence-corrected chi connectivity index (χ1v) is 8.44. The zero-order chi connectivity index (χ0) is 16.4. The monoisotopic (exact) mass is 333 g/mol. The molecule has 1 aliphatic rings. The normalized spacial score (nSPS) is 18.0. The smallest absolute Gasteiger partial charge is 0.273 e. The van der Waals surface area contributed by atoms with Crippen LogP contribution in [0.2, 0.25) is 0 Å². The number of carbonyl (C=O) groups is 2. The Morgan fingerprint density at radius 2 is 2.26 bits per heavy atom. The molecule has 0 saturated carbocycles. The molecule has 0 radical (unpaired) electrons. The number of imidazole rings is 1. The highest BCUT2D eigenvalue weighted by Crippen LogP contribution is 2.25.